The maximum Gasteiger partial charge on any atom is 0.244 e. The number of nitrogens with one attached hydrogen (secondary N) is 1. The van der Waals surface area contributed by atoms with E-state index < -0.39 is 0 Å². The highest BCUT2D eigenvalue weighted by molar-refractivity contribution is 7.09. The Kier molecular flexibility index (Phi) is 11.6. The molecule has 0 aliphatic heterocycles. The van der Waals surface area contributed by atoms with Crippen molar-refractivity contribution in [3.05, 3.63) is 58.6 Å². The van der Waals surface area contributed by atoms with Gasteiger partial charge in [-0.05, 0) is 62.3 Å². The van der Waals surface area contributed by atoms with Gasteiger partial charge >= 0.3 is 0 Å². The van der Waals surface area contributed by atoms with E-state index in [-0.39, 0.29) is 11.9 Å². The average Bonchev–Trinajstić information content (AvgIpc) is 3.31. The fraction of sp³-hybridized carbons (Fsp3) is 0.462. The number of hydrogen-bond donors (Lipinski definition) is 1. The lowest BCUT2D eigenvalue weighted by Crippen LogP contribution is -2.31. The lowest BCUT2D eigenvalue weighted by atomic mass is 9.98. The Labute approximate surface area is 196 Å². The molecule has 1 N–H and O–H groups in total. The molecular formula is C26H36N2O3S. The molecule has 1 heterocycles. The highest BCUT2D eigenvalue weighted by atomic mass is 32.1. The van der Waals surface area contributed by atoms with Gasteiger partial charge in [0.2, 0.25) is 5.91 Å². The van der Waals surface area contributed by atoms with E-state index in [1.807, 2.05) is 48.9 Å². The van der Waals surface area contributed by atoms with Gasteiger partial charge in [0.1, 0.15) is 0 Å². The van der Waals surface area contributed by atoms with E-state index in [1.54, 1.807) is 31.6 Å². The third-order valence-corrected chi connectivity index (χ3v) is 6.09. The van der Waals surface area contributed by atoms with Gasteiger partial charge in [-0.2, -0.15) is 0 Å². The van der Waals surface area contributed by atoms with E-state index >= 15 is 0 Å². The standard InChI is InChI=1S/C26H36N2O3S/c1-5-6-7-11-21(22-15-16-23(30-3)24(19-22)31-4)12-9-13-25(29)28-20(2)10-8-14-26-27-17-18-32-26/h9,12-13,15-20H,5-8,10-11,14H2,1-4H3,(H,28,29)/b13-9+,21-12+/t20-/m1/s1. The second kappa shape index (κ2) is 14.5. The number of benzene rings is 1. The van der Waals surface area contributed by atoms with Gasteiger partial charge in [0.05, 0.1) is 19.2 Å². The second-order valence-corrected chi connectivity index (χ2v) is 8.78. The molecule has 0 fully saturated rings. The maximum atomic E-state index is 12.3. The van der Waals surface area contributed by atoms with Gasteiger partial charge in [-0.3, -0.25) is 4.79 Å². The number of carbonyl (C=O) groups is 1. The third kappa shape index (κ3) is 8.87. The highest BCUT2D eigenvalue weighted by Crippen LogP contribution is 2.32. The quantitative estimate of drug-likeness (QED) is 0.209. The van der Waals surface area contributed by atoms with Crippen molar-refractivity contribution in [2.24, 2.45) is 0 Å². The van der Waals surface area contributed by atoms with Crippen LogP contribution in [0.3, 0.4) is 0 Å². The first-order chi connectivity index (χ1) is 15.6. The van der Waals surface area contributed by atoms with Crippen molar-refractivity contribution in [2.75, 3.05) is 14.2 Å². The molecular weight excluding hydrogens is 420 g/mol. The maximum absolute atomic E-state index is 12.3. The van der Waals surface area contributed by atoms with Crippen LogP contribution in [-0.2, 0) is 11.2 Å². The molecule has 0 bridgehead atoms. The number of rotatable bonds is 14. The predicted molar refractivity (Wildman–Crippen MR) is 133 cm³/mol. The molecule has 2 aromatic rings. The molecule has 0 aliphatic carbocycles. The van der Waals surface area contributed by atoms with E-state index in [4.69, 9.17) is 9.47 Å². The Hall–Kier alpha value is -2.60. The SMILES string of the molecule is CCCCC/C(=C\C=C\C(=O)N[C@H](C)CCCc1nccs1)c1ccc(OC)c(OC)c1. The summed E-state index contributed by atoms with van der Waals surface area (Å²) >= 11 is 1.68. The molecule has 0 aliphatic rings. The Balaban J connectivity index is 1.96. The summed E-state index contributed by atoms with van der Waals surface area (Å²) in [5, 5.41) is 6.20. The summed E-state index contributed by atoms with van der Waals surface area (Å²) in [7, 11) is 3.28. The van der Waals surface area contributed by atoms with Crippen molar-refractivity contribution in [1.82, 2.24) is 10.3 Å². The van der Waals surface area contributed by atoms with Crippen molar-refractivity contribution in [3.8, 4) is 11.5 Å². The van der Waals surface area contributed by atoms with Crippen molar-refractivity contribution in [1.29, 1.82) is 0 Å². The largest absolute Gasteiger partial charge is 0.493 e. The first kappa shape index (κ1) is 25.7. The summed E-state index contributed by atoms with van der Waals surface area (Å²) in [5.41, 5.74) is 2.26. The molecule has 0 unspecified atom stereocenters. The molecule has 1 atom stereocenters. The fourth-order valence-corrected chi connectivity index (χ4v) is 4.14. The molecule has 0 spiro atoms. The van der Waals surface area contributed by atoms with Crippen LogP contribution in [0.25, 0.3) is 5.57 Å². The van der Waals surface area contributed by atoms with Crippen LogP contribution in [-0.4, -0.2) is 31.2 Å². The molecule has 32 heavy (non-hydrogen) atoms. The number of hydrogen-bond acceptors (Lipinski definition) is 5. The minimum absolute atomic E-state index is 0.0665. The first-order valence-corrected chi connectivity index (χ1v) is 12.2. The van der Waals surface area contributed by atoms with E-state index in [9.17, 15) is 4.79 Å². The monoisotopic (exact) mass is 456 g/mol. The van der Waals surface area contributed by atoms with Crippen LogP contribution in [0.5, 0.6) is 11.5 Å². The molecule has 1 aromatic heterocycles. The topological polar surface area (TPSA) is 60.5 Å². The molecule has 5 nitrogen and oxygen atoms in total. The number of carbonyl (C=O) groups excluding carboxylic acids is 1. The number of methoxy groups -OCH3 is 2. The van der Waals surface area contributed by atoms with E-state index in [0.717, 1.165) is 49.1 Å². The van der Waals surface area contributed by atoms with Gasteiger partial charge < -0.3 is 14.8 Å². The van der Waals surface area contributed by atoms with Crippen LogP contribution >= 0.6 is 11.3 Å². The Morgan fingerprint density at radius 2 is 2.00 bits per heavy atom. The lowest BCUT2D eigenvalue weighted by Gasteiger charge is -2.12. The Morgan fingerprint density at radius 1 is 1.19 bits per heavy atom. The molecule has 0 saturated heterocycles. The molecule has 2 rings (SSSR count). The molecule has 1 aromatic carbocycles. The van der Waals surface area contributed by atoms with Crippen LogP contribution in [0.4, 0.5) is 0 Å². The van der Waals surface area contributed by atoms with E-state index in [1.165, 1.54) is 12.0 Å². The summed E-state index contributed by atoms with van der Waals surface area (Å²) in [4.78, 5) is 16.6. The Morgan fingerprint density at radius 3 is 2.69 bits per heavy atom. The summed E-state index contributed by atoms with van der Waals surface area (Å²) in [6, 6.07) is 6.09. The Bertz CT molecular complexity index is 875. The number of aromatic nitrogens is 1. The normalized spacial score (nSPS) is 12.7. The van der Waals surface area contributed by atoms with Gasteiger partial charge in [-0.25, -0.2) is 4.98 Å². The van der Waals surface area contributed by atoms with Crippen LogP contribution in [0.15, 0.2) is 48.0 Å². The zero-order valence-corrected chi connectivity index (χ0v) is 20.5. The van der Waals surface area contributed by atoms with Gasteiger partial charge in [0.15, 0.2) is 11.5 Å². The van der Waals surface area contributed by atoms with Gasteiger partial charge in [0, 0.05) is 23.7 Å². The number of aryl methyl sites for hydroxylation is 1. The van der Waals surface area contributed by atoms with Crippen molar-refractivity contribution >= 4 is 22.8 Å². The summed E-state index contributed by atoms with van der Waals surface area (Å²) in [6.07, 6.45) is 14.6. The van der Waals surface area contributed by atoms with Crippen LogP contribution in [0.2, 0.25) is 0 Å². The van der Waals surface area contributed by atoms with Crippen molar-refractivity contribution in [2.45, 2.75) is 64.8 Å². The summed E-state index contributed by atoms with van der Waals surface area (Å²) in [5.74, 6) is 1.35. The smallest absolute Gasteiger partial charge is 0.244 e. The highest BCUT2D eigenvalue weighted by Gasteiger charge is 2.09. The van der Waals surface area contributed by atoms with E-state index in [2.05, 4.69) is 17.2 Å². The third-order valence-electron chi connectivity index (χ3n) is 5.25. The number of thiazole rings is 1. The minimum Gasteiger partial charge on any atom is -0.493 e. The summed E-state index contributed by atoms with van der Waals surface area (Å²) in [6.45, 7) is 4.24. The van der Waals surface area contributed by atoms with Crippen molar-refractivity contribution in [3.63, 3.8) is 0 Å². The number of unbranched alkanes of at least 4 members (excludes halogenated alkanes) is 2. The molecule has 1 amide bonds. The summed E-state index contributed by atoms with van der Waals surface area (Å²) < 4.78 is 10.8. The lowest BCUT2D eigenvalue weighted by molar-refractivity contribution is -0.117. The number of ether oxygens (including phenoxy) is 2. The second-order valence-electron chi connectivity index (χ2n) is 7.81. The average molecular weight is 457 g/mol. The molecule has 0 radical (unpaired) electrons. The van der Waals surface area contributed by atoms with E-state index in [0.29, 0.717) is 11.5 Å². The zero-order chi connectivity index (χ0) is 23.2. The zero-order valence-electron chi connectivity index (χ0n) is 19.7. The number of allylic oxidation sites excluding steroid dienone is 3. The van der Waals surface area contributed by atoms with Crippen molar-refractivity contribution < 1.29 is 14.3 Å². The molecule has 6 heteroatoms. The first-order valence-electron chi connectivity index (χ1n) is 11.4. The van der Waals surface area contributed by atoms with Gasteiger partial charge in [-0.1, -0.05) is 38.0 Å². The fourth-order valence-electron chi connectivity index (χ4n) is 3.48. The molecule has 174 valence electrons. The number of amides is 1. The minimum atomic E-state index is -0.0665. The van der Waals surface area contributed by atoms with Crippen LogP contribution in [0.1, 0.15) is 62.9 Å². The van der Waals surface area contributed by atoms with Gasteiger partial charge in [0.25, 0.3) is 0 Å². The number of nitrogens with zero attached hydrogens (tertiary/aromatic N) is 1. The predicted octanol–water partition coefficient (Wildman–Crippen LogP) is 6.21. The van der Waals surface area contributed by atoms with Crippen LogP contribution < -0.4 is 14.8 Å². The van der Waals surface area contributed by atoms with Crippen LogP contribution in [0, 0.1) is 0 Å². The van der Waals surface area contributed by atoms with Gasteiger partial charge in [-0.15, -0.1) is 11.3 Å². The molecule has 0 saturated carbocycles.